The van der Waals surface area contributed by atoms with E-state index in [1.165, 1.54) is 12.1 Å². The van der Waals surface area contributed by atoms with Crippen LogP contribution < -0.4 is 19.8 Å². The van der Waals surface area contributed by atoms with E-state index in [1.54, 1.807) is 17.0 Å². The Kier molecular flexibility index (Phi) is 10.2. The zero-order valence-electron chi connectivity index (χ0n) is 20.3. The number of aliphatic hydroxyl groups excluding tert-OH is 1. The Labute approximate surface area is 210 Å². The predicted octanol–water partition coefficient (Wildman–Crippen LogP) is 0.668. The summed E-state index contributed by atoms with van der Waals surface area (Å²) in [6.07, 6.45) is 1.35. The largest absolute Gasteiger partial charge is 0.478 e. The van der Waals surface area contributed by atoms with E-state index in [1.807, 2.05) is 11.8 Å². The van der Waals surface area contributed by atoms with Crippen LogP contribution in [0.15, 0.2) is 24.3 Å². The highest BCUT2D eigenvalue weighted by molar-refractivity contribution is 7.89. The van der Waals surface area contributed by atoms with Crippen LogP contribution in [0, 0.1) is 0 Å². The number of aromatic carboxylic acids is 1. The number of carbonyl (C=O) groups is 1. The molecule has 36 heavy (non-hydrogen) atoms. The second-order valence-electron chi connectivity index (χ2n) is 8.15. The Balaban J connectivity index is 1.86. The molecule has 0 unspecified atom stereocenters. The fourth-order valence-corrected chi connectivity index (χ4v) is 4.71. The SMILES string of the molecule is CCCCS(=O)(=O)NCCN(CCO)c1nc(Nc2cccc(C(=O)O)c2)nc(N2CCOCC2)n1. The smallest absolute Gasteiger partial charge is 0.335 e. The van der Waals surface area contributed by atoms with Crippen molar-refractivity contribution in [1.29, 1.82) is 0 Å². The zero-order valence-corrected chi connectivity index (χ0v) is 21.1. The molecule has 1 saturated heterocycles. The highest BCUT2D eigenvalue weighted by Gasteiger charge is 2.20. The fraction of sp³-hybridized carbons (Fsp3) is 0.545. The van der Waals surface area contributed by atoms with Crippen LogP contribution in [-0.4, -0.2) is 97.8 Å². The number of benzene rings is 1. The van der Waals surface area contributed by atoms with Gasteiger partial charge < -0.3 is 30.1 Å². The van der Waals surface area contributed by atoms with E-state index in [0.717, 1.165) is 6.42 Å². The molecule has 0 atom stereocenters. The third-order valence-electron chi connectivity index (χ3n) is 5.39. The highest BCUT2D eigenvalue weighted by Crippen LogP contribution is 2.21. The van der Waals surface area contributed by atoms with Gasteiger partial charge in [0.25, 0.3) is 0 Å². The van der Waals surface area contributed by atoms with Crippen molar-refractivity contribution < 1.29 is 28.2 Å². The second-order valence-corrected chi connectivity index (χ2v) is 10.1. The van der Waals surface area contributed by atoms with Crippen LogP contribution in [0.1, 0.15) is 30.1 Å². The van der Waals surface area contributed by atoms with Crippen LogP contribution in [0.3, 0.4) is 0 Å². The standard InChI is InChI=1S/C22H33N7O6S/c1-2-3-15-36(33,34)23-7-8-28(9-12-30)21-25-20(24-18-6-4-5-17(16-18)19(31)32)26-22(27-21)29-10-13-35-14-11-29/h4-6,16,23,30H,2-3,7-15H2,1H3,(H,31,32)(H,24,25,26,27). The number of carboxylic acids is 1. The fourth-order valence-electron chi connectivity index (χ4n) is 3.49. The van der Waals surface area contributed by atoms with Gasteiger partial charge >= 0.3 is 5.97 Å². The van der Waals surface area contributed by atoms with Gasteiger partial charge in [-0.3, -0.25) is 0 Å². The second kappa shape index (κ2) is 13.3. The van der Waals surface area contributed by atoms with Crippen LogP contribution in [-0.2, 0) is 14.8 Å². The van der Waals surface area contributed by atoms with Crippen LogP contribution in [0.25, 0.3) is 0 Å². The molecule has 0 aliphatic carbocycles. The lowest BCUT2D eigenvalue weighted by atomic mass is 10.2. The molecule has 0 radical (unpaired) electrons. The van der Waals surface area contributed by atoms with Crippen LogP contribution in [0.5, 0.6) is 0 Å². The van der Waals surface area contributed by atoms with Crippen molar-refractivity contribution in [1.82, 2.24) is 19.7 Å². The average molecular weight is 524 g/mol. The minimum absolute atomic E-state index is 0.0555. The summed E-state index contributed by atoms with van der Waals surface area (Å²) in [5.74, 6) is -0.160. The summed E-state index contributed by atoms with van der Waals surface area (Å²) in [7, 11) is -3.40. The normalized spacial score (nSPS) is 14.0. The first kappa shape index (κ1) is 27.5. The molecule has 1 fully saturated rings. The van der Waals surface area contributed by atoms with E-state index in [-0.39, 0.29) is 49.5 Å². The van der Waals surface area contributed by atoms with Crippen LogP contribution in [0.4, 0.5) is 23.5 Å². The van der Waals surface area contributed by atoms with Crippen molar-refractivity contribution in [3.63, 3.8) is 0 Å². The molecule has 4 N–H and O–H groups in total. The summed E-state index contributed by atoms with van der Waals surface area (Å²) >= 11 is 0. The van der Waals surface area contributed by atoms with Gasteiger partial charge in [0.1, 0.15) is 0 Å². The van der Waals surface area contributed by atoms with Crippen molar-refractivity contribution in [2.45, 2.75) is 19.8 Å². The van der Waals surface area contributed by atoms with Gasteiger partial charge in [0, 0.05) is 38.4 Å². The lowest BCUT2D eigenvalue weighted by Crippen LogP contribution is -2.40. The van der Waals surface area contributed by atoms with Crippen molar-refractivity contribution >= 4 is 39.5 Å². The van der Waals surface area contributed by atoms with E-state index in [0.29, 0.717) is 44.4 Å². The van der Waals surface area contributed by atoms with Crippen molar-refractivity contribution in [3.8, 4) is 0 Å². The number of hydrogen-bond donors (Lipinski definition) is 4. The number of carboxylic acid groups (broad SMARTS) is 1. The van der Waals surface area contributed by atoms with Crippen molar-refractivity contribution in [3.05, 3.63) is 29.8 Å². The maximum absolute atomic E-state index is 12.2. The number of sulfonamides is 1. The molecule has 2 aromatic rings. The number of aromatic nitrogens is 3. The summed E-state index contributed by atoms with van der Waals surface area (Å²) in [5.41, 5.74) is 0.595. The van der Waals surface area contributed by atoms with Gasteiger partial charge in [-0.15, -0.1) is 0 Å². The summed E-state index contributed by atoms with van der Waals surface area (Å²) in [6, 6.07) is 6.26. The first-order chi connectivity index (χ1) is 17.3. The van der Waals surface area contributed by atoms with E-state index < -0.39 is 16.0 Å². The van der Waals surface area contributed by atoms with Gasteiger partial charge in [0.2, 0.25) is 27.9 Å². The molecular formula is C22H33N7O6S. The summed E-state index contributed by atoms with van der Waals surface area (Å²) in [6.45, 7) is 4.45. The van der Waals surface area contributed by atoms with E-state index in [4.69, 9.17) is 4.74 Å². The molecule has 0 spiro atoms. The number of ether oxygens (including phenoxy) is 1. The molecule has 13 nitrogen and oxygen atoms in total. The molecule has 0 saturated carbocycles. The Morgan fingerprint density at radius 3 is 2.67 bits per heavy atom. The van der Waals surface area contributed by atoms with Gasteiger partial charge in [-0.2, -0.15) is 15.0 Å². The molecule has 1 aromatic carbocycles. The predicted molar refractivity (Wildman–Crippen MR) is 136 cm³/mol. The first-order valence-corrected chi connectivity index (χ1v) is 13.5. The molecule has 2 heterocycles. The Hall–Kier alpha value is -3.07. The average Bonchev–Trinajstić information content (AvgIpc) is 2.87. The number of aliphatic hydroxyl groups is 1. The van der Waals surface area contributed by atoms with Crippen LogP contribution in [0.2, 0.25) is 0 Å². The van der Waals surface area contributed by atoms with E-state index in [9.17, 15) is 23.4 Å². The minimum atomic E-state index is -3.40. The summed E-state index contributed by atoms with van der Waals surface area (Å²) in [5, 5.41) is 22.0. The molecule has 0 bridgehead atoms. The third-order valence-corrected chi connectivity index (χ3v) is 6.86. The van der Waals surface area contributed by atoms with E-state index in [2.05, 4.69) is 25.0 Å². The molecule has 1 aliphatic rings. The molecule has 1 aromatic heterocycles. The van der Waals surface area contributed by atoms with Crippen LogP contribution >= 0.6 is 0 Å². The Morgan fingerprint density at radius 2 is 1.97 bits per heavy atom. The molecule has 0 amide bonds. The van der Waals surface area contributed by atoms with Crippen molar-refractivity contribution in [2.24, 2.45) is 0 Å². The molecular weight excluding hydrogens is 490 g/mol. The van der Waals surface area contributed by atoms with Gasteiger partial charge in [-0.25, -0.2) is 17.9 Å². The monoisotopic (exact) mass is 523 g/mol. The lowest BCUT2D eigenvalue weighted by molar-refractivity contribution is 0.0697. The first-order valence-electron chi connectivity index (χ1n) is 11.8. The number of rotatable bonds is 14. The van der Waals surface area contributed by atoms with Gasteiger partial charge in [-0.05, 0) is 24.6 Å². The molecule has 3 rings (SSSR count). The number of nitrogens with zero attached hydrogens (tertiary/aromatic N) is 5. The number of unbranched alkanes of at least 4 members (excludes halogenated alkanes) is 1. The van der Waals surface area contributed by atoms with Crippen molar-refractivity contribution in [2.75, 3.05) is 73.4 Å². The summed E-state index contributed by atoms with van der Waals surface area (Å²) in [4.78, 5) is 28.5. The number of nitrogens with one attached hydrogen (secondary N) is 2. The van der Waals surface area contributed by atoms with E-state index >= 15 is 0 Å². The highest BCUT2D eigenvalue weighted by atomic mass is 32.2. The quantitative estimate of drug-likeness (QED) is 0.273. The number of anilines is 4. The summed E-state index contributed by atoms with van der Waals surface area (Å²) < 4.78 is 32.3. The molecule has 1 aliphatic heterocycles. The zero-order chi connectivity index (χ0) is 26.0. The third kappa shape index (κ3) is 8.26. The van der Waals surface area contributed by atoms with Gasteiger partial charge in [-0.1, -0.05) is 19.4 Å². The Bertz CT molecular complexity index is 1110. The maximum atomic E-state index is 12.2. The Morgan fingerprint density at radius 1 is 1.19 bits per heavy atom. The van der Waals surface area contributed by atoms with Gasteiger partial charge in [0.15, 0.2) is 0 Å². The number of hydrogen-bond acceptors (Lipinski definition) is 11. The molecule has 14 heteroatoms. The minimum Gasteiger partial charge on any atom is -0.478 e. The maximum Gasteiger partial charge on any atom is 0.335 e. The topological polar surface area (TPSA) is 170 Å². The number of morpholine rings is 1. The lowest BCUT2D eigenvalue weighted by Gasteiger charge is -2.28. The van der Waals surface area contributed by atoms with Gasteiger partial charge in [0.05, 0.1) is 31.1 Å². The molecule has 198 valence electrons.